The summed E-state index contributed by atoms with van der Waals surface area (Å²) in [7, 11) is -3.95. The molecule has 0 aliphatic carbocycles. The molecule has 0 atom stereocenters. The molecule has 0 bridgehead atoms. The van der Waals surface area contributed by atoms with Crippen LogP contribution in [0.15, 0.2) is 24.3 Å². The number of nitrogens with zero attached hydrogens (tertiary/aromatic N) is 1. The first kappa shape index (κ1) is 18.2. The third-order valence-corrected chi connectivity index (χ3v) is 3.48. The van der Waals surface area contributed by atoms with Crippen molar-refractivity contribution in [1.82, 2.24) is 5.32 Å². The van der Waals surface area contributed by atoms with E-state index in [4.69, 9.17) is 16.3 Å². The molecule has 122 valence electrons. The van der Waals surface area contributed by atoms with Crippen LogP contribution >= 0.6 is 11.6 Å². The number of halogens is 1. The maximum atomic E-state index is 12.1. The van der Waals surface area contributed by atoms with E-state index in [0.29, 0.717) is 9.33 Å². The van der Waals surface area contributed by atoms with E-state index < -0.39 is 27.7 Å². The van der Waals surface area contributed by atoms with Gasteiger partial charge in [0.15, 0.2) is 0 Å². The van der Waals surface area contributed by atoms with Crippen molar-refractivity contribution in [3.63, 3.8) is 0 Å². The molecule has 0 saturated carbocycles. The molecule has 22 heavy (non-hydrogen) atoms. The number of ether oxygens (including phenoxy) is 1. The lowest BCUT2D eigenvalue weighted by molar-refractivity contribution is 0.0550. The Hall–Kier alpha value is -1.80. The molecule has 9 heteroatoms. The van der Waals surface area contributed by atoms with E-state index in [9.17, 15) is 18.0 Å². The fourth-order valence-electron chi connectivity index (χ4n) is 1.48. The summed E-state index contributed by atoms with van der Waals surface area (Å²) in [5.74, 6) is 0. The molecule has 0 aliphatic heterocycles. The van der Waals surface area contributed by atoms with Gasteiger partial charge in [0.1, 0.15) is 5.60 Å². The van der Waals surface area contributed by atoms with Crippen LogP contribution in [0.5, 0.6) is 0 Å². The monoisotopic (exact) mass is 348 g/mol. The lowest BCUT2D eigenvalue weighted by Gasteiger charge is -2.23. The molecule has 1 N–H and O–H groups in total. The molecule has 0 aliphatic rings. The lowest BCUT2D eigenvalue weighted by atomic mass is 10.2. The van der Waals surface area contributed by atoms with Gasteiger partial charge in [0.25, 0.3) is 0 Å². The highest BCUT2D eigenvalue weighted by atomic mass is 35.5. The minimum Gasteiger partial charge on any atom is -0.443 e. The van der Waals surface area contributed by atoms with Crippen LogP contribution in [-0.4, -0.2) is 32.4 Å². The van der Waals surface area contributed by atoms with Gasteiger partial charge in [0, 0.05) is 5.02 Å². The van der Waals surface area contributed by atoms with Crippen LogP contribution in [0.3, 0.4) is 0 Å². The third-order valence-electron chi connectivity index (χ3n) is 2.19. The minimum atomic E-state index is -3.95. The highest BCUT2D eigenvalue weighted by molar-refractivity contribution is 7.92. The molecular weight excluding hydrogens is 332 g/mol. The normalized spacial score (nSPS) is 11.7. The summed E-state index contributed by atoms with van der Waals surface area (Å²) in [5, 5.41) is 2.25. The van der Waals surface area contributed by atoms with Gasteiger partial charge >= 0.3 is 12.1 Å². The summed E-state index contributed by atoms with van der Waals surface area (Å²) in [6.45, 7) is 4.85. The molecule has 0 heterocycles. The summed E-state index contributed by atoms with van der Waals surface area (Å²) < 4.78 is 29.0. The Morgan fingerprint density at radius 3 is 2.09 bits per heavy atom. The zero-order chi connectivity index (χ0) is 17.1. The third kappa shape index (κ3) is 5.53. The number of alkyl carbamates (subject to hydrolysis) is 1. The van der Waals surface area contributed by atoms with Crippen molar-refractivity contribution in [3.8, 4) is 0 Å². The second-order valence-electron chi connectivity index (χ2n) is 5.44. The maximum Gasteiger partial charge on any atom is 0.415 e. The molecule has 0 spiro atoms. The number of benzene rings is 1. The molecule has 1 aromatic carbocycles. The fraction of sp³-hybridized carbons (Fsp3) is 0.385. The number of imide groups is 1. The number of hydrogen-bond donors (Lipinski definition) is 1. The molecular formula is C13H17ClN2O5S. The molecule has 1 rings (SSSR count). The molecule has 0 unspecified atom stereocenters. The van der Waals surface area contributed by atoms with Crippen LogP contribution in [0.25, 0.3) is 0 Å². The second kappa shape index (κ2) is 6.53. The molecule has 7 nitrogen and oxygen atoms in total. The van der Waals surface area contributed by atoms with Gasteiger partial charge in [0.05, 0.1) is 11.9 Å². The average Bonchev–Trinajstić information content (AvgIpc) is 2.27. The number of amides is 3. The van der Waals surface area contributed by atoms with Gasteiger partial charge in [-0.2, -0.15) is 4.31 Å². The van der Waals surface area contributed by atoms with Gasteiger partial charge < -0.3 is 4.74 Å². The van der Waals surface area contributed by atoms with E-state index in [1.54, 1.807) is 20.8 Å². The Morgan fingerprint density at radius 2 is 1.68 bits per heavy atom. The largest absolute Gasteiger partial charge is 0.443 e. The first-order valence-corrected chi connectivity index (χ1v) is 8.42. The quantitative estimate of drug-likeness (QED) is 0.887. The molecule has 1 aromatic rings. The highest BCUT2D eigenvalue weighted by Crippen LogP contribution is 2.20. The average molecular weight is 349 g/mol. The van der Waals surface area contributed by atoms with Gasteiger partial charge in [-0.1, -0.05) is 11.6 Å². The van der Waals surface area contributed by atoms with Gasteiger partial charge in [-0.25, -0.2) is 23.3 Å². The summed E-state index contributed by atoms with van der Waals surface area (Å²) in [6.07, 6.45) is -0.198. The Balaban J connectivity index is 3.02. The maximum absolute atomic E-state index is 12.1. The van der Waals surface area contributed by atoms with Crippen LogP contribution in [0.2, 0.25) is 5.02 Å². The summed E-state index contributed by atoms with van der Waals surface area (Å²) in [5.41, 5.74) is -0.770. The number of nitrogens with one attached hydrogen (secondary N) is 1. The lowest BCUT2D eigenvalue weighted by Crippen LogP contribution is -2.47. The van der Waals surface area contributed by atoms with Crippen molar-refractivity contribution < 1.29 is 22.7 Å². The summed E-state index contributed by atoms with van der Waals surface area (Å²) in [4.78, 5) is 23.7. The summed E-state index contributed by atoms with van der Waals surface area (Å²) in [6, 6.07) is 4.40. The van der Waals surface area contributed by atoms with Crippen LogP contribution in [0.1, 0.15) is 20.8 Å². The molecule has 0 radical (unpaired) electrons. The van der Waals surface area contributed by atoms with Crippen LogP contribution in [0.4, 0.5) is 15.3 Å². The fourth-order valence-corrected chi connectivity index (χ4v) is 2.46. The highest BCUT2D eigenvalue weighted by Gasteiger charge is 2.28. The first-order valence-electron chi connectivity index (χ1n) is 6.20. The topological polar surface area (TPSA) is 92.8 Å². The number of rotatable bonds is 2. The number of carbonyl (C=O) groups is 2. The van der Waals surface area contributed by atoms with Gasteiger partial charge in [-0.3, -0.25) is 0 Å². The van der Waals surface area contributed by atoms with E-state index in [1.165, 1.54) is 24.3 Å². The molecule has 0 aromatic heterocycles. The SMILES string of the molecule is CC(C)(C)OC(=O)NC(=O)N(c1ccc(Cl)cc1)S(C)(=O)=O. The number of sulfonamides is 1. The van der Waals surface area contributed by atoms with Crippen molar-refractivity contribution in [2.75, 3.05) is 10.6 Å². The van der Waals surface area contributed by atoms with E-state index in [0.717, 1.165) is 6.26 Å². The van der Waals surface area contributed by atoms with Gasteiger partial charge in [-0.05, 0) is 45.0 Å². The van der Waals surface area contributed by atoms with Crippen molar-refractivity contribution >= 4 is 39.4 Å². The Morgan fingerprint density at radius 1 is 1.18 bits per heavy atom. The number of urea groups is 1. The molecule has 0 saturated heterocycles. The number of anilines is 1. The van der Waals surface area contributed by atoms with Crippen molar-refractivity contribution in [1.29, 1.82) is 0 Å². The zero-order valence-electron chi connectivity index (χ0n) is 12.6. The minimum absolute atomic E-state index is 0.0490. The first-order chi connectivity index (χ1) is 9.90. The van der Waals surface area contributed by atoms with E-state index in [-0.39, 0.29) is 5.69 Å². The number of carbonyl (C=O) groups excluding carboxylic acids is 2. The summed E-state index contributed by atoms with van der Waals surface area (Å²) >= 11 is 5.72. The number of hydrogen-bond acceptors (Lipinski definition) is 5. The second-order valence-corrected chi connectivity index (χ2v) is 7.70. The van der Waals surface area contributed by atoms with Crippen LogP contribution in [0, 0.1) is 0 Å². The smallest absolute Gasteiger partial charge is 0.415 e. The predicted octanol–water partition coefficient (Wildman–Crippen LogP) is 2.75. The molecule has 0 fully saturated rings. The predicted molar refractivity (Wildman–Crippen MR) is 83.5 cm³/mol. The van der Waals surface area contributed by atoms with Gasteiger partial charge in [-0.15, -0.1) is 0 Å². The molecule has 3 amide bonds. The van der Waals surface area contributed by atoms with Crippen LogP contribution < -0.4 is 9.62 Å². The Labute approximate surface area is 134 Å². The van der Waals surface area contributed by atoms with Gasteiger partial charge in [0.2, 0.25) is 10.0 Å². The van der Waals surface area contributed by atoms with E-state index >= 15 is 0 Å². The van der Waals surface area contributed by atoms with Crippen molar-refractivity contribution in [2.24, 2.45) is 0 Å². The van der Waals surface area contributed by atoms with E-state index in [1.807, 2.05) is 5.32 Å². The van der Waals surface area contributed by atoms with Crippen molar-refractivity contribution in [3.05, 3.63) is 29.3 Å². The standard InChI is InChI=1S/C13H17ClN2O5S/c1-13(2,3)21-12(18)15-11(17)16(22(4,19)20)10-7-5-9(14)6-8-10/h5-8H,1-4H3,(H,15,17,18). The van der Waals surface area contributed by atoms with E-state index in [2.05, 4.69) is 0 Å². The van der Waals surface area contributed by atoms with Crippen LogP contribution in [-0.2, 0) is 14.8 Å². The van der Waals surface area contributed by atoms with Crippen molar-refractivity contribution in [2.45, 2.75) is 26.4 Å². The Kier molecular flexibility index (Phi) is 5.42. The Bertz CT molecular complexity index is 665. The zero-order valence-corrected chi connectivity index (χ0v) is 14.2.